The first-order valence-electron chi connectivity index (χ1n) is 2.09. The third-order valence-electron chi connectivity index (χ3n) is 0.707. The quantitative estimate of drug-likeness (QED) is 0.357. The Labute approximate surface area is 62.0 Å². The molecular formula is C3H10BLiO3. The summed E-state index contributed by atoms with van der Waals surface area (Å²) in [4.78, 5) is 0. The molecule has 0 fully saturated rings. The summed E-state index contributed by atoms with van der Waals surface area (Å²) in [6.07, 6.45) is 0. The van der Waals surface area contributed by atoms with E-state index in [9.17, 15) is 0 Å². The van der Waals surface area contributed by atoms with Crippen molar-refractivity contribution in [1.29, 1.82) is 0 Å². The van der Waals surface area contributed by atoms with E-state index in [0.717, 1.165) is 0 Å². The van der Waals surface area contributed by atoms with Gasteiger partial charge in [0.2, 0.25) is 0 Å². The Hall–Kier alpha value is 0.542. The van der Waals surface area contributed by atoms with Gasteiger partial charge in [0.25, 0.3) is 0 Å². The van der Waals surface area contributed by atoms with E-state index in [1.54, 1.807) is 21.3 Å². The zero-order chi connectivity index (χ0) is 5.70. The maximum absolute atomic E-state index is 4.69. The van der Waals surface area contributed by atoms with Crippen LogP contribution in [0.5, 0.6) is 0 Å². The first kappa shape index (κ1) is 11.4. The monoisotopic (exact) mass is 112 g/mol. The van der Waals surface area contributed by atoms with Crippen molar-refractivity contribution in [2.45, 2.75) is 0 Å². The van der Waals surface area contributed by atoms with Crippen molar-refractivity contribution in [3.63, 3.8) is 0 Å². The predicted molar refractivity (Wildman–Crippen MR) is 28.2 cm³/mol. The molecule has 0 aromatic carbocycles. The van der Waals surface area contributed by atoms with Crippen molar-refractivity contribution in [1.82, 2.24) is 0 Å². The van der Waals surface area contributed by atoms with Crippen LogP contribution in [0.1, 0.15) is 0 Å². The van der Waals surface area contributed by atoms with Gasteiger partial charge < -0.3 is 14.0 Å². The van der Waals surface area contributed by atoms with Crippen molar-refractivity contribution in [3.05, 3.63) is 0 Å². The molecule has 0 radical (unpaired) electrons. The van der Waals surface area contributed by atoms with Crippen LogP contribution in [0.2, 0.25) is 0 Å². The van der Waals surface area contributed by atoms with Crippen LogP contribution < -0.4 is 18.9 Å². The molecule has 0 heterocycles. The molecule has 0 saturated heterocycles. The van der Waals surface area contributed by atoms with Crippen LogP contribution in [0, 0.1) is 0 Å². The van der Waals surface area contributed by atoms with Gasteiger partial charge in [-0.25, -0.2) is 0 Å². The second-order valence-corrected chi connectivity index (χ2v) is 1.22. The normalized spacial score (nSPS) is 9.00. The van der Waals surface area contributed by atoms with E-state index >= 15 is 0 Å². The Kier molecular flexibility index (Phi) is 10.7. The molecule has 0 spiro atoms. The molecule has 0 aliphatic carbocycles. The molecule has 44 valence electrons. The molecule has 8 heavy (non-hydrogen) atoms. The van der Waals surface area contributed by atoms with Crippen LogP contribution in [-0.4, -0.2) is 28.7 Å². The summed E-state index contributed by atoms with van der Waals surface area (Å²) in [7, 11) is 3.44. The molecule has 3 nitrogen and oxygen atoms in total. The summed E-state index contributed by atoms with van der Waals surface area (Å²) >= 11 is 0. The van der Waals surface area contributed by atoms with Gasteiger partial charge in [0.1, 0.15) is 0 Å². The average molecular weight is 112 g/mol. The van der Waals surface area contributed by atoms with Gasteiger partial charge >= 0.3 is 26.2 Å². The van der Waals surface area contributed by atoms with Crippen LogP contribution in [-0.2, 0) is 14.0 Å². The minimum atomic E-state index is -1.21. The zero-order valence-electron chi connectivity index (χ0n) is 5.93. The molecule has 0 unspecified atom stereocenters. The van der Waals surface area contributed by atoms with Gasteiger partial charge in [0, 0.05) is 0 Å². The van der Waals surface area contributed by atoms with E-state index in [1.165, 1.54) is 0 Å². The SMILES string of the molecule is CO[BH-](OC)OC.[Li+]. The summed E-state index contributed by atoms with van der Waals surface area (Å²) in [5, 5.41) is 0. The molecule has 0 amide bonds. The Balaban J connectivity index is 0. The first-order valence-corrected chi connectivity index (χ1v) is 2.09. The van der Waals surface area contributed by atoms with Crippen LogP contribution >= 0.6 is 0 Å². The Bertz CT molecular complexity index is 36.0. The van der Waals surface area contributed by atoms with Gasteiger partial charge in [-0.15, -0.1) is 0 Å². The summed E-state index contributed by atoms with van der Waals surface area (Å²) in [5.41, 5.74) is 0. The molecule has 0 aromatic heterocycles. The molecule has 0 aromatic rings. The van der Waals surface area contributed by atoms with Crippen molar-refractivity contribution in [2.24, 2.45) is 0 Å². The molecule has 0 rings (SSSR count). The molecule has 0 bridgehead atoms. The Morgan fingerprint density at radius 1 is 0.875 bits per heavy atom. The van der Waals surface area contributed by atoms with E-state index in [0.29, 0.717) is 0 Å². The van der Waals surface area contributed by atoms with Gasteiger partial charge in [-0.3, -0.25) is 0 Å². The largest absolute Gasteiger partial charge is 1.00 e. The van der Waals surface area contributed by atoms with Gasteiger partial charge in [0.05, 0.1) is 0 Å². The van der Waals surface area contributed by atoms with Crippen molar-refractivity contribution in [3.8, 4) is 0 Å². The number of hydrogen-bond acceptors (Lipinski definition) is 3. The smallest absolute Gasteiger partial charge is 0.549 e. The molecule has 0 aliphatic rings. The minimum absolute atomic E-state index is 0. The fourth-order valence-electron chi connectivity index (χ4n) is 0.354. The molecule has 0 N–H and O–H groups in total. The Morgan fingerprint density at radius 2 is 1.12 bits per heavy atom. The van der Waals surface area contributed by atoms with Crippen LogP contribution in [0.4, 0.5) is 0 Å². The first-order chi connectivity index (χ1) is 3.35. The average Bonchev–Trinajstić information content (AvgIpc) is 1.72. The minimum Gasteiger partial charge on any atom is -0.549 e. The van der Waals surface area contributed by atoms with E-state index < -0.39 is 7.32 Å². The fraction of sp³-hybridized carbons (Fsp3) is 1.00. The summed E-state index contributed by atoms with van der Waals surface area (Å²) in [6.45, 7) is 0. The number of rotatable bonds is 3. The maximum Gasteiger partial charge on any atom is 1.00 e. The Morgan fingerprint density at radius 3 is 1.12 bits per heavy atom. The second kappa shape index (κ2) is 7.54. The van der Waals surface area contributed by atoms with E-state index in [-0.39, 0.29) is 18.9 Å². The molecule has 0 aliphatic heterocycles. The van der Waals surface area contributed by atoms with E-state index in [1.807, 2.05) is 0 Å². The predicted octanol–water partition coefficient (Wildman–Crippen LogP) is -3.35. The van der Waals surface area contributed by atoms with E-state index in [2.05, 4.69) is 14.0 Å². The fourth-order valence-corrected chi connectivity index (χ4v) is 0.354. The number of hydrogen-bond donors (Lipinski definition) is 0. The van der Waals surface area contributed by atoms with Gasteiger partial charge in [-0.1, -0.05) is 0 Å². The molecule has 5 heteroatoms. The van der Waals surface area contributed by atoms with Crippen molar-refractivity contribution in [2.75, 3.05) is 21.3 Å². The molecule has 0 saturated carbocycles. The van der Waals surface area contributed by atoms with E-state index in [4.69, 9.17) is 0 Å². The third-order valence-corrected chi connectivity index (χ3v) is 0.707. The molecule has 0 atom stereocenters. The summed E-state index contributed by atoms with van der Waals surface area (Å²) in [6, 6.07) is 0. The van der Waals surface area contributed by atoms with Crippen LogP contribution in [0.3, 0.4) is 0 Å². The van der Waals surface area contributed by atoms with Gasteiger partial charge in [-0.2, -0.15) is 0 Å². The summed E-state index contributed by atoms with van der Waals surface area (Å²) in [5.74, 6) is 0. The van der Waals surface area contributed by atoms with Crippen molar-refractivity contribution < 1.29 is 32.8 Å². The summed E-state index contributed by atoms with van der Waals surface area (Å²) < 4.78 is 14.1. The third kappa shape index (κ3) is 4.70. The van der Waals surface area contributed by atoms with Crippen LogP contribution in [0.25, 0.3) is 0 Å². The zero-order valence-corrected chi connectivity index (χ0v) is 5.93. The topological polar surface area (TPSA) is 27.7 Å². The maximum atomic E-state index is 4.69. The van der Waals surface area contributed by atoms with Gasteiger partial charge in [-0.05, 0) is 21.3 Å². The second-order valence-electron chi connectivity index (χ2n) is 1.22. The van der Waals surface area contributed by atoms with Crippen LogP contribution in [0.15, 0.2) is 0 Å². The van der Waals surface area contributed by atoms with Crippen molar-refractivity contribution >= 4 is 7.32 Å². The van der Waals surface area contributed by atoms with Gasteiger partial charge in [0.15, 0.2) is 0 Å². The molecular weight excluding hydrogens is 102 g/mol. The standard InChI is InChI=1S/C3H10BO3.Li/c1-5-4(6-2)7-3;/h4H,1-3H3;/q-1;+1.